The number of carbonyl (C=O) groups excluding carboxylic acids is 3. The average molecular weight is 359 g/mol. The molecule has 1 aromatic heterocycles. The summed E-state index contributed by atoms with van der Waals surface area (Å²) in [5.41, 5.74) is 0. The van der Waals surface area contributed by atoms with E-state index in [0.717, 1.165) is 25.7 Å². The number of nitrogens with zero attached hydrogens (tertiary/aromatic N) is 2. The first-order valence-electron chi connectivity index (χ1n) is 9.16. The fraction of sp³-hybridized carbons (Fsp3) is 0.556. The number of rotatable bonds is 6. The summed E-state index contributed by atoms with van der Waals surface area (Å²) in [6.45, 7) is 1.84. The number of pyridine rings is 1. The molecule has 2 fully saturated rings. The highest BCUT2D eigenvalue weighted by atomic mass is 16.2. The molecule has 3 N–H and O–H groups in total. The van der Waals surface area contributed by atoms with Crippen molar-refractivity contribution in [3.05, 3.63) is 24.4 Å². The second-order valence-electron chi connectivity index (χ2n) is 6.79. The van der Waals surface area contributed by atoms with E-state index in [9.17, 15) is 14.4 Å². The number of anilines is 1. The van der Waals surface area contributed by atoms with Gasteiger partial charge in [-0.25, -0.2) is 9.78 Å². The Morgan fingerprint density at radius 2 is 1.85 bits per heavy atom. The molecule has 1 saturated carbocycles. The van der Waals surface area contributed by atoms with Crippen LogP contribution >= 0.6 is 0 Å². The van der Waals surface area contributed by atoms with Gasteiger partial charge in [-0.3, -0.25) is 9.59 Å². The number of urea groups is 1. The average Bonchev–Trinajstić information content (AvgIpc) is 3.51. The molecule has 1 aliphatic carbocycles. The third-order valence-electron chi connectivity index (χ3n) is 4.64. The first-order chi connectivity index (χ1) is 12.6. The minimum Gasteiger partial charge on any atom is -0.354 e. The van der Waals surface area contributed by atoms with Gasteiger partial charge < -0.3 is 20.9 Å². The Labute approximate surface area is 152 Å². The second kappa shape index (κ2) is 8.64. The molecule has 3 rings (SSSR count). The molecule has 0 unspecified atom stereocenters. The van der Waals surface area contributed by atoms with Crippen molar-refractivity contribution in [2.24, 2.45) is 11.8 Å². The maximum atomic E-state index is 12.4. The SMILES string of the molecule is O=C(NCCNC(=O)N1CCC[C@@H](C(=O)Nc2ccccn2)C1)C1CC1. The lowest BCUT2D eigenvalue weighted by Gasteiger charge is -2.32. The largest absolute Gasteiger partial charge is 0.354 e. The Morgan fingerprint density at radius 3 is 2.58 bits per heavy atom. The van der Waals surface area contributed by atoms with Crippen molar-refractivity contribution in [1.82, 2.24) is 20.5 Å². The lowest BCUT2D eigenvalue weighted by atomic mass is 9.97. The normalized spacial score (nSPS) is 19.5. The van der Waals surface area contributed by atoms with Crippen LogP contribution < -0.4 is 16.0 Å². The minimum absolute atomic E-state index is 0.0727. The van der Waals surface area contributed by atoms with E-state index in [0.29, 0.717) is 32.0 Å². The molecule has 26 heavy (non-hydrogen) atoms. The molecule has 0 radical (unpaired) electrons. The van der Waals surface area contributed by atoms with E-state index < -0.39 is 0 Å². The van der Waals surface area contributed by atoms with Gasteiger partial charge in [0.1, 0.15) is 5.82 Å². The van der Waals surface area contributed by atoms with Gasteiger partial charge in [-0.05, 0) is 37.8 Å². The van der Waals surface area contributed by atoms with E-state index in [1.165, 1.54) is 0 Å². The summed E-state index contributed by atoms with van der Waals surface area (Å²) in [5, 5.41) is 8.41. The van der Waals surface area contributed by atoms with E-state index in [1.807, 2.05) is 6.07 Å². The minimum atomic E-state index is -0.244. The summed E-state index contributed by atoms with van der Waals surface area (Å²) in [6.07, 6.45) is 5.09. The fourth-order valence-corrected chi connectivity index (χ4v) is 3.00. The molecule has 140 valence electrons. The molecular weight excluding hydrogens is 334 g/mol. The smallest absolute Gasteiger partial charge is 0.317 e. The van der Waals surface area contributed by atoms with Crippen molar-refractivity contribution in [3.63, 3.8) is 0 Å². The van der Waals surface area contributed by atoms with E-state index in [1.54, 1.807) is 23.2 Å². The van der Waals surface area contributed by atoms with E-state index >= 15 is 0 Å². The summed E-state index contributed by atoms with van der Waals surface area (Å²) in [4.78, 5) is 41.9. The van der Waals surface area contributed by atoms with Gasteiger partial charge in [0.05, 0.1) is 5.92 Å². The summed E-state index contributed by atoms with van der Waals surface area (Å²) >= 11 is 0. The van der Waals surface area contributed by atoms with E-state index in [-0.39, 0.29) is 29.7 Å². The number of aromatic nitrogens is 1. The van der Waals surface area contributed by atoms with Crippen molar-refractivity contribution in [2.75, 3.05) is 31.5 Å². The summed E-state index contributed by atoms with van der Waals surface area (Å²) in [7, 11) is 0. The molecule has 8 nitrogen and oxygen atoms in total. The number of carbonyl (C=O) groups is 3. The van der Waals surface area contributed by atoms with Crippen LogP contribution in [0.15, 0.2) is 24.4 Å². The third kappa shape index (κ3) is 5.18. The van der Waals surface area contributed by atoms with Crippen molar-refractivity contribution in [2.45, 2.75) is 25.7 Å². The van der Waals surface area contributed by atoms with Gasteiger partial charge in [0.15, 0.2) is 0 Å². The lowest BCUT2D eigenvalue weighted by Crippen LogP contribution is -2.49. The monoisotopic (exact) mass is 359 g/mol. The Bertz CT molecular complexity index is 647. The number of likely N-dealkylation sites (tertiary alicyclic amines) is 1. The Hall–Kier alpha value is -2.64. The standard InChI is InChI=1S/C18H25N5O3/c24-16(13-6-7-13)20-9-10-21-18(26)23-11-3-4-14(12-23)17(25)22-15-5-1-2-8-19-15/h1-2,5,8,13-14H,3-4,6-7,9-12H2,(H,20,24)(H,21,26)(H,19,22,25)/t14-/m1/s1. The molecule has 1 aliphatic heterocycles. The summed E-state index contributed by atoms with van der Waals surface area (Å²) < 4.78 is 0. The maximum Gasteiger partial charge on any atom is 0.317 e. The quantitative estimate of drug-likeness (QED) is 0.658. The van der Waals surface area contributed by atoms with Crippen LogP contribution in [0.25, 0.3) is 0 Å². The number of hydrogen-bond donors (Lipinski definition) is 3. The van der Waals surface area contributed by atoms with Crippen molar-refractivity contribution < 1.29 is 14.4 Å². The van der Waals surface area contributed by atoms with Gasteiger partial charge in [0.2, 0.25) is 11.8 Å². The molecule has 4 amide bonds. The second-order valence-corrected chi connectivity index (χ2v) is 6.79. The molecule has 8 heteroatoms. The Balaban J connectivity index is 1.39. The molecule has 0 aromatic carbocycles. The van der Waals surface area contributed by atoms with Crippen LogP contribution in [0.5, 0.6) is 0 Å². The zero-order valence-electron chi connectivity index (χ0n) is 14.7. The number of nitrogens with one attached hydrogen (secondary N) is 3. The molecule has 0 spiro atoms. The van der Waals surface area contributed by atoms with Crippen LogP contribution in [-0.4, -0.2) is 53.9 Å². The Kier molecular flexibility index (Phi) is 6.04. The van der Waals surface area contributed by atoms with Crippen LogP contribution in [-0.2, 0) is 9.59 Å². The zero-order chi connectivity index (χ0) is 18.4. The molecule has 1 aromatic rings. The third-order valence-corrected chi connectivity index (χ3v) is 4.64. The van der Waals surface area contributed by atoms with E-state index in [2.05, 4.69) is 20.9 Å². The molecular formula is C18H25N5O3. The van der Waals surface area contributed by atoms with Crippen LogP contribution in [0.2, 0.25) is 0 Å². The van der Waals surface area contributed by atoms with Gasteiger partial charge >= 0.3 is 6.03 Å². The topological polar surface area (TPSA) is 103 Å². The van der Waals surface area contributed by atoms with Crippen molar-refractivity contribution in [1.29, 1.82) is 0 Å². The fourth-order valence-electron chi connectivity index (χ4n) is 3.00. The molecule has 2 aliphatic rings. The van der Waals surface area contributed by atoms with Gasteiger partial charge in [0.25, 0.3) is 0 Å². The number of piperidine rings is 1. The van der Waals surface area contributed by atoms with Crippen molar-refractivity contribution >= 4 is 23.7 Å². The predicted molar refractivity (Wildman–Crippen MR) is 96.3 cm³/mol. The van der Waals surface area contributed by atoms with Gasteiger partial charge in [-0.15, -0.1) is 0 Å². The first-order valence-corrected chi connectivity index (χ1v) is 9.16. The van der Waals surface area contributed by atoms with Crippen LogP contribution in [0.4, 0.5) is 10.6 Å². The van der Waals surface area contributed by atoms with Gasteiger partial charge in [-0.1, -0.05) is 6.07 Å². The zero-order valence-corrected chi connectivity index (χ0v) is 14.7. The molecule has 2 heterocycles. The number of amides is 4. The predicted octanol–water partition coefficient (Wildman–Crippen LogP) is 0.968. The summed E-state index contributed by atoms with van der Waals surface area (Å²) in [5.74, 6) is 0.407. The van der Waals surface area contributed by atoms with Gasteiger partial charge in [0, 0.05) is 38.3 Å². The van der Waals surface area contributed by atoms with E-state index in [4.69, 9.17) is 0 Å². The van der Waals surface area contributed by atoms with Gasteiger partial charge in [-0.2, -0.15) is 0 Å². The highest BCUT2D eigenvalue weighted by Crippen LogP contribution is 2.28. The van der Waals surface area contributed by atoms with Crippen molar-refractivity contribution in [3.8, 4) is 0 Å². The lowest BCUT2D eigenvalue weighted by molar-refractivity contribution is -0.122. The maximum absolute atomic E-state index is 12.4. The molecule has 1 atom stereocenters. The summed E-state index contributed by atoms with van der Waals surface area (Å²) in [6, 6.07) is 5.14. The first kappa shape index (κ1) is 18.2. The van der Waals surface area contributed by atoms with Crippen LogP contribution in [0.1, 0.15) is 25.7 Å². The number of hydrogen-bond acceptors (Lipinski definition) is 4. The highest BCUT2D eigenvalue weighted by Gasteiger charge is 2.30. The Morgan fingerprint density at radius 1 is 1.04 bits per heavy atom. The molecule has 0 bridgehead atoms. The highest BCUT2D eigenvalue weighted by molar-refractivity contribution is 5.92. The van der Waals surface area contributed by atoms with Crippen LogP contribution in [0, 0.1) is 11.8 Å². The molecule has 1 saturated heterocycles. The van der Waals surface area contributed by atoms with Crippen LogP contribution in [0.3, 0.4) is 0 Å².